The van der Waals surface area contributed by atoms with Crippen LogP contribution in [0.25, 0.3) is 0 Å². The molecule has 0 amide bonds. The minimum atomic E-state index is -4.78. The zero-order valence-corrected chi connectivity index (χ0v) is 10.2. The highest BCUT2D eigenvalue weighted by atomic mass is 32.2. The van der Waals surface area contributed by atoms with Gasteiger partial charge in [0.2, 0.25) is 0 Å². The third-order valence-corrected chi connectivity index (χ3v) is 2.64. The molecule has 0 unspecified atom stereocenters. The van der Waals surface area contributed by atoms with Crippen LogP contribution in [-0.4, -0.2) is 52.5 Å². The van der Waals surface area contributed by atoms with E-state index in [0.29, 0.717) is 0 Å². The van der Waals surface area contributed by atoms with Crippen LogP contribution in [0.2, 0.25) is 0 Å². The van der Waals surface area contributed by atoms with E-state index in [1.807, 2.05) is 0 Å². The molecular formula is C8H6AlO7S. The number of carbonyl (C=O) groups is 2. The molecule has 3 N–H and O–H groups in total. The first-order valence-electron chi connectivity index (χ1n) is 3.82. The molecule has 0 heterocycles. The van der Waals surface area contributed by atoms with E-state index < -0.39 is 38.1 Å². The van der Waals surface area contributed by atoms with Gasteiger partial charge in [0.05, 0.1) is 11.1 Å². The fourth-order valence-electron chi connectivity index (χ4n) is 1.14. The summed E-state index contributed by atoms with van der Waals surface area (Å²) >= 11 is 0. The first-order valence-corrected chi connectivity index (χ1v) is 5.26. The van der Waals surface area contributed by atoms with Crippen molar-refractivity contribution in [2.75, 3.05) is 0 Å². The molecule has 0 spiro atoms. The summed E-state index contributed by atoms with van der Waals surface area (Å²) < 4.78 is 30.4. The summed E-state index contributed by atoms with van der Waals surface area (Å²) in [5, 5.41) is 17.4. The molecule has 0 bridgehead atoms. The number of carboxylic acid groups (broad SMARTS) is 2. The van der Waals surface area contributed by atoms with Crippen LogP contribution in [0.4, 0.5) is 0 Å². The summed E-state index contributed by atoms with van der Waals surface area (Å²) in [5.74, 6) is -3.34. The van der Waals surface area contributed by atoms with Gasteiger partial charge in [0, 0.05) is 17.4 Å². The van der Waals surface area contributed by atoms with Gasteiger partial charge < -0.3 is 10.2 Å². The van der Waals surface area contributed by atoms with Crippen molar-refractivity contribution in [1.82, 2.24) is 0 Å². The Kier molecular flexibility index (Phi) is 4.85. The zero-order chi connectivity index (χ0) is 12.5. The van der Waals surface area contributed by atoms with Gasteiger partial charge in [-0.3, -0.25) is 4.55 Å². The van der Waals surface area contributed by atoms with Crippen molar-refractivity contribution in [3.05, 3.63) is 29.3 Å². The lowest BCUT2D eigenvalue weighted by Gasteiger charge is -2.05. The second-order valence-corrected chi connectivity index (χ2v) is 4.15. The highest BCUT2D eigenvalue weighted by Crippen LogP contribution is 2.19. The predicted molar refractivity (Wildman–Crippen MR) is 55.9 cm³/mol. The predicted octanol–water partition coefficient (Wildman–Crippen LogP) is -0.0511. The number of hydrogen-bond donors (Lipinski definition) is 3. The van der Waals surface area contributed by atoms with Crippen LogP contribution < -0.4 is 0 Å². The van der Waals surface area contributed by atoms with Crippen molar-refractivity contribution in [1.29, 1.82) is 0 Å². The topological polar surface area (TPSA) is 129 Å². The van der Waals surface area contributed by atoms with E-state index >= 15 is 0 Å². The first-order chi connectivity index (χ1) is 7.25. The maximum absolute atomic E-state index is 10.8. The number of aromatic carboxylic acids is 2. The second kappa shape index (κ2) is 5.29. The largest absolute Gasteiger partial charge is 0.478 e. The van der Waals surface area contributed by atoms with E-state index in [1.54, 1.807) is 0 Å². The minimum absolute atomic E-state index is 0. The Bertz CT molecular complexity index is 563. The molecule has 1 rings (SSSR count). The molecule has 9 heteroatoms. The highest BCUT2D eigenvalue weighted by Gasteiger charge is 2.25. The lowest BCUT2D eigenvalue weighted by atomic mass is 10.1. The molecule has 1 aromatic rings. The van der Waals surface area contributed by atoms with Gasteiger partial charge in [-0.1, -0.05) is 6.07 Å². The zero-order valence-electron chi connectivity index (χ0n) is 8.19. The van der Waals surface area contributed by atoms with Crippen molar-refractivity contribution in [2.45, 2.75) is 4.90 Å². The van der Waals surface area contributed by atoms with Crippen molar-refractivity contribution in [3.8, 4) is 0 Å². The Morgan fingerprint density at radius 3 is 1.94 bits per heavy atom. The van der Waals surface area contributed by atoms with E-state index in [2.05, 4.69) is 0 Å². The Hall–Kier alpha value is -1.40. The van der Waals surface area contributed by atoms with Crippen LogP contribution in [0.3, 0.4) is 0 Å². The van der Waals surface area contributed by atoms with Crippen molar-refractivity contribution in [2.24, 2.45) is 0 Å². The molecule has 0 saturated heterocycles. The summed E-state index contributed by atoms with van der Waals surface area (Å²) in [4.78, 5) is 20.5. The lowest BCUT2D eigenvalue weighted by Crippen LogP contribution is -2.14. The van der Waals surface area contributed by atoms with E-state index in [9.17, 15) is 18.0 Å². The Labute approximate surface area is 107 Å². The molecule has 7 nitrogen and oxygen atoms in total. The van der Waals surface area contributed by atoms with Gasteiger partial charge in [-0.15, -0.1) is 0 Å². The third-order valence-electron chi connectivity index (χ3n) is 1.75. The molecule has 0 aliphatic heterocycles. The van der Waals surface area contributed by atoms with Crippen LogP contribution in [-0.2, 0) is 10.1 Å². The summed E-state index contributed by atoms with van der Waals surface area (Å²) in [5.41, 5.74) is -1.67. The van der Waals surface area contributed by atoms with Crippen LogP contribution in [0, 0.1) is 0 Å². The van der Waals surface area contributed by atoms with Gasteiger partial charge in [-0.2, -0.15) is 8.42 Å². The van der Waals surface area contributed by atoms with E-state index in [0.717, 1.165) is 18.2 Å². The Morgan fingerprint density at radius 2 is 1.59 bits per heavy atom. The number of rotatable bonds is 3. The second-order valence-electron chi connectivity index (χ2n) is 2.76. The molecule has 1 aromatic carbocycles. The lowest BCUT2D eigenvalue weighted by molar-refractivity contribution is 0.0648. The summed E-state index contributed by atoms with van der Waals surface area (Å²) in [6.45, 7) is 0. The van der Waals surface area contributed by atoms with Gasteiger partial charge >= 0.3 is 11.9 Å². The van der Waals surface area contributed by atoms with Gasteiger partial charge in [0.1, 0.15) is 4.90 Å². The van der Waals surface area contributed by atoms with Crippen LogP contribution >= 0.6 is 0 Å². The average molecular weight is 273 g/mol. The van der Waals surface area contributed by atoms with Gasteiger partial charge in [0.15, 0.2) is 0 Å². The molecule has 17 heavy (non-hydrogen) atoms. The van der Waals surface area contributed by atoms with E-state index in [4.69, 9.17) is 14.8 Å². The monoisotopic (exact) mass is 273 g/mol. The van der Waals surface area contributed by atoms with Gasteiger partial charge in [-0.25, -0.2) is 9.59 Å². The number of carboxylic acids is 2. The summed E-state index contributed by atoms with van der Waals surface area (Å²) in [6.07, 6.45) is 0. The van der Waals surface area contributed by atoms with Crippen molar-refractivity contribution in [3.63, 3.8) is 0 Å². The first kappa shape index (κ1) is 15.6. The highest BCUT2D eigenvalue weighted by molar-refractivity contribution is 7.86. The molecule has 0 atom stereocenters. The molecule has 0 aromatic heterocycles. The van der Waals surface area contributed by atoms with E-state index in [1.165, 1.54) is 0 Å². The standard InChI is InChI=1S/C8H6O7S.Al/c9-7(10)4-2-1-3-5(16(13,14)15)6(4)8(11)12;/h1-3H,(H,9,10)(H,11,12)(H,13,14,15);. The van der Waals surface area contributed by atoms with Crippen LogP contribution in [0.5, 0.6) is 0 Å². The number of hydrogen-bond acceptors (Lipinski definition) is 4. The Morgan fingerprint density at radius 1 is 1.06 bits per heavy atom. The summed E-state index contributed by atoms with van der Waals surface area (Å²) in [6, 6.07) is 2.77. The SMILES string of the molecule is O=C(O)c1cccc(S(=O)(=O)O)c1C(=O)O.[Al]. The molecule has 0 aliphatic rings. The van der Waals surface area contributed by atoms with Gasteiger partial charge in [-0.05, 0) is 12.1 Å². The van der Waals surface area contributed by atoms with Crippen LogP contribution in [0.15, 0.2) is 23.1 Å². The molecular weight excluding hydrogens is 267 g/mol. The number of benzene rings is 1. The maximum atomic E-state index is 10.8. The molecule has 3 radical (unpaired) electrons. The normalized spacial score (nSPS) is 10.4. The third kappa shape index (κ3) is 3.28. The fourth-order valence-corrected chi connectivity index (χ4v) is 1.85. The minimum Gasteiger partial charge on any atom is -0.478 e. The van der Waals surface area contributed by atoms with Crippen LogP contribution in [0.1, 0.15) is 20.7 Å². The Balaban J connectivity index is 0.00000256. The maximum Gasteiger partial charge on any atom is 0.338 e. The van der Waals surface area contributed by atoms with E-state index in [-0.39, 0.29) is 17.4 Å². The molecule has 0 fully saturated rings. The van der Waals surface area contributed by atoms with Crippen molar-refractivity contribution >= 4 is 39.4 Å². The molecule has 89 valence electrons. The van der Waals surface area contributed by atoms with Crippen molar-refractivity contribution < 1.29 is 32.8 Å². The summed E-state index contributed by atoms with van der Waals surface area (Å²) in [7, 11) is -4.78. The molecule has 0 aliphatic carbocycles. The molecule has 0 saturated carbocycles. The van der Waals surface area contributed by atoms with Gasteiger partial charge in [0.25, 0.3) is 10.1 Å². The quantitative estimate of drug-likeness (QED) is 0.520. The average Bonchev–Trinajstić information content (AvgIpc) is 2.14. The smallest absolute Gasteiger partial charge is 0.338 e. The fraction of sp³-hybridized carbons (Fsp3) is 0.